The van der Waals surface area contributed by atoms with Gasteiger partial charge >= 0.3 is 6.18 Å². The predicted octanol–water partition coefficient (Wildman–Crippen LogP) is 4.26. The van der Waals surface area contributed by atoms with Crippen LogP contribution in [0.1, 0.15) is 18.1 Å². The van der Waals surface area contributed by atoms with E-state index >= 15 is 0 Å². The Morgan fingerprint density at radius 1 is 1.40 bits per heavy atom. The van der Waals surface area contributed by atoms with Gasteiger partial charge in [0, 0.05) is 11.6 Å². The van der Waals surface area contributed by atoms with Crippen LogP contribution in [0.2, 0.25) is 0 Å². The minimum absolute atomic E-state index is 0.176. The lowest BCUT2D eigenvalue weighted by atomic mass is 10.2. The Labute approximate surface area is 154 Å². The molecule has 0 spiro atoms. The molecule has 0 aliphatic carbocycles. The van der Waals surface area contributed by atoms with Gasteiger partial charge in [-0.05, 0) is 48.1 Å². The van der Waals surface area contributed by atoms with Gasteiger partial charge in [-0.15, -0.1) is 0 Å². The zero-order chi connectivity index (χ0) is 18.9. The van der Waals surface area contributed by atoms with Gasteiger partial charge in [0.2, 0.25) is 0 Å². The van der Waals surface area contributed by atoms with Gasteiger partial charge in [-0.2, -0.15) is 23.0 Å². The van der Waals surface area contributed by atoms with Gasteiger partial charge in [-0.3, -0.25) is 4.79 Å². The second-order valence-corrected chi connectivity index (χ2v) is 6.54. The zero-order valence-corrected chi connectivity index (χ0v) is 15.4. The van der Waals surface area contributed by atoms with Gasteiger partial charge in [-0.25, -0.2) is 4.39 Å². The molecular formula is C16H13F4IN2O2. The maximum absolute atomic E-state index is 14.3. The van der Waals surface area contributed by atoms with Crippen molar-refractivity contribution in [1.82, 2.24) is 9.78 Å². The van der Waals surface area contributed by atoms with E-state index in [4.69, 9.17) is 4.74 Å². The van der Waals surface area contributed by atoms with Gasteiger partial charge in [0.15, 0.2) is 0 Å². The first-order valence-electron chi connectivity index (χ1n) is 6.95. The molecule has 4 nitrogen and oxygen atoms in total. The standard InChI is InChI=1S/C16H13F4IN2O2/c1-8(2)7-25-14-5-13(11(17)4-12(14)21)23-15(24)9(3)10(6-22-23)16(18,19)20/h4-6H,1,7H2,2-3H3. The fraction of sp³-hybridized carbons (Fsp3) is 0.250. The summed E-state index contributed by atoms with van der Waals surface area (Å²) in [7, 11) is 0. The molecule has 1 aromatic carbocycles. The Morgan fingerprint density at radius 3 is 2.60 bits per heavy atom. The van der Waals surface area contributed by atoms with Crippen LogP contribution in [0.5, 0.6) is 5.75 Å². The van der Waals surface area contributed by atoms with E-state index in [2.05, 4.69) is 11.7 Å². The zero-order valence-electron chi connectivity index (χ0n) is 13.2. The monoisotopic (exact) mass is 468 g/mol. The van der Waals surface area contributed by atoms with Gasteiger partial charge < -0.3 is 4.74 Å². The molecule has 1 aromatic heterocycles. The molecule has 0 N–H and O–H groups in total. The van der Waals surface area contributed by atoms with Crippen molar-refractivity contribution < 1.29 is 22.3 Å². The van der Waals surface area contributed by atoms with Crippen molar-refractivity contribution in [1.29, 1.82) is 0 Å². The Kier molecular flexibility index (Phi) is 5.55. The Balaban J connectivity index is 2.59. The summed E-state index contributed by atoms with van der Waals surface area (Å²) in [6.07, 6.45) is -4.21. The van der Waals surface area contributed by atoms with Crippen LogP contribution >= 0.6 is 22.6 Å². The van der Waals surface area contributed by atoms with Crippen LogP contribution in [-0.4, -0.2) is 16.4 Å². The average Bonchev–Trinajstić information content (AvgIpc) is 2.48. The molecule has 2 aromatic rings. The third kappa shape index (κ3) is 4.20. The summed E-state index contributed by atoms with van der Waals surface area (Å²) < 4.78 is 59.3. The molecule has 0 fully saturated rings. The predicted molar refractivity (Wildman–Crippen MR) is 92.6 cm³/mol. The van der Waals surface area contributed by atoms with E-state index in [1.165, 1.54) is 6.07 Å². The van der Waals surface area contributed by atoms with Gasteiger partial charge in [0.05, 0.1) is 15.3 Å². The Hall–Kier alpha value is -1.91. The van der Waals surface area contributed by atoms with E-state index in [1.54, 1.807) is 6.92 Å². The van der Waals surface area contributed by atoms with E-state index < -0.39 is 28.7 Å². The molecule has 0 amide bonds. The van der Waals surface area contributed by atoms with Crippen molar-refractivity contribution in [2.75, 3.05) is 6.61 Å². The summed E-state index contributed by atoms with van der Waals surface area (Å²) in [5.41, 5.74) is -2.34. The van der Waals surface area contributed by atoms with E-state index in [-0.39, 0.29) is 18.0 Å². The van der Waals surface area contributed by atoms with E-state index in [9.17, 15) is 22.4 Å². The number of rotatable bonds is 4. The highest BCUT2D eigenvalue weighted by atomic mass is 127. The highest BCUT2D eigenvalue weighted by Gasteiger charge is 2.34. The fourth-order valence-corrected chi connectivity index (χ4v) is 2.57. The topological polar surface area (TPSA) is 44.1 Å². The maximum Gasteiger partial charge on any atom is 0.418 e. The van der Waals surface area contributed by atoms with Crippen molar-refractivity contribution in [3.63, 3.8) is 0 Å². The van der Waals surface area contributed by atoms with Crippen LogP contribution in [0, 0.1) is 16.3 Å². The van der Waals surface area contributed by atoms with Crippen LogP contribution in [0.15, 0.2) is 35.3 Å². The third-order valence-corrected chi connectivity index (χ3v) is 4.07. The van der Waals surface area contributed by atoms with Crippen molar-refractivity contribution >= 4 is 22.6 Å². The first-order chi connectivity index (χ1) is 11.5. The smallest absolute Gasteiger partial charge is 0.418 e. The number of aromatic nitrogens is 2. The summed E-state index contributed by atoms with van der Waals surface area (Å²) >= 11 is 1.85. The highest BCUT2D eigenvalue weighted by molar-refractivity contribution is 14.1. The number of nitrogens with zero attached hydrogens (tertiary/aromatic N) is 2. The molecule has 0 saturated carbocycles. The van der Waals surface area contributed by atoms with E-state index in [1.807, 2.05) is 22.6 Å². The molecule has 0 radical (unpaired) electrons. The normalized spacial score (nSPS) is 11.5. The van der Waals surface area contributed by atoms with Crippen LogP contribution < -0.4 is 10.3 Å². The van der Waals surface area contributed by atoms with Gasteiger partial charge in [-0.1, -0.05) is 6.58 Å². The molecule has 25 heavy (non-hydrogen) atoms. The molecule has 1 heterocycles. The highest BCUT2D eigenvalue weighted by Crippen LogP contribution is 2.31. The van der Waals surface area contributed by atoms with Gasteiger partial charge in [0.25, 0.3) is 5.56 Å². The maximum atomic E-state index is 14.3. The quantitative estimate of drug-likeness (QED) is 0.383. The molecular weight excluding hydrogens is 455 g/mol. The van der Waals surface area contributed by atoms with Crippen LogP contribution in [-0.2, 0) is 6.18 Å². The van der Waals surface area contributed by atoms with Crippen molar-refractivity contribution in [3.05, 3.63) is 61.3 Å². The number of ether oxygens (including phenoxy) is 1. The molecule has 0 aliphatic rings. The van der Waals surface area contributed by atoms with E-state index in [0.29, 0.717) is 14.4 Å². The summed E-state index contributed by atoms with van der Waals surface area (Å²) in [6.45, 7) is 6.62. The molecule has 0 atom stereocenters. The molecule has 0 saturated heterocycles. The second-order valence-electron chi connectivity index (χ2n) is 5.38. The van der Waals surface area contributed by atoms with Crippen molar-refractivity contribution in [2.45, 2.75) is 20.0 Å². The minimum atomic E-state index is -4.71. The average molecular weight is 468 g/mol. The number of hydrogen-bond donors (Lipinski definition) is 0. The molecule has 0 bridgehead atoms. The Bertz CT molecular complexity index is 891. The number of halogens is 5. The first kappa shape index (κ1) is 19.4. The summed E-state index contributed by atoms with van der Waals surface area (Å²) in [5.74, 6) is -0.535. The van der Waals surface area contributed by atoms with Crippen molar-refractivity contribution in [2.24, 2.45) is 0 Å². The molecule has 134 valence electrons. The molecule has 0 aliphatic heterocycles. The van der Waals surface area contributed by atoms with Crippen LogP contribution in [0.25, 0.3) is 5.69 Å². The molecule has 0 unspecified atom stereocenters. The summed E-state index contributed by atoms with van der Waals surface area (Å²) in [4.78, 5) is 12.2. The minimum Gasteiger partial charge on any atom is -0.488 e. The SMILES string of the molecule is C=C(C)COc1cc(-n2ncc(C(F)(F)F)c(C)c2=O)c(F)cc1I. The number of alkyl halides is 3. The Morgan fingerprint density at radius 2 is 2.04 bits per heavy atom. The number of benzene rings is 1. The van der Waals surface area contributed by atoms with Crippen molar-refractivity contribution in [3.8, 4) is 11.4 Å². The summed E-state index contributed by atoms with van der Waals surface area (Å²) in [6, 6.07) is 2.34. The first-order valence-corrected chi connectivity index (χ1v) is 8.03. The largest absolute Gasteiger partial charge is 0.488 e. The summed E-state index contributed by atoms with van der Waals surface area (Å²) in [5, 5.41) is 3.47. The lowest BCUT2D eigenvalue weighted by molar-refractivity contribution is -0.138. The third-order valence-electron chi connectivity index (χ3n) is 3.23. The lowest BCUT2D eigenvalue weighted by Gasteiger charge is -2.14. The second kappa shape index (κ2) is 7.14. The van der Waals surface area contributed by atoms with Gasteiger partial charge in [0.1, 0.15) is 23.9 Å². The number of hydrogen-bond acceptors (Lipinski definition) is 3. The van der Waals surface area contributed by atoms with E-state index in [0.717, 1.165) is 18.6 Å². The fourth-order valence-electron chi connectivity index (χ4n) is 1.99. The van der Waals surface area contributed by atoms with Crippen LogP contribution in [0.3, 0.4) is 0 Å². The molecule has 2 rings (SSSR count). The van der Waals surface area contributed by atoms with Crippen LogP contribution in [0.4, 0.5) is 17.6 Å². The molecule has 9 heteroatoms. The lowest BCUT2D eigenvalue weighted by Crippen LogP contribution is -2.28.